The third-order valence-corrected chi connectivity index (χ3v) is 4.68. The van der Waals surface area contributed by atoms with Crippen molar-refractivity contribution >= 4 is 29.2 Å². The maximum Gasteiger partial charge on any atom is 0.261 e. The number of likely N-dealkylation sites (tertiary alicyclic amines) is 1. The van der Waals surface area contributed by atoms with Crippen molar-refractivity contribution in [3.05, 3.63) is 40.4 Å². The first-order valence-corrected chi connectivity index (χ1v) is 7.95. The minimum Gasteiger partial charge on any atom is -0.338 e. The fourth-order valence-electron chi connectivity index (χ4n) is 3.35. The Morgan fingerprint density at radius 2 is 2.17 bits per heavy atom. The Labute approximate surface area is 147 Å². The molecular weight excluding hydrogens is 328 g/mol. The smallest absolute Gasteiger partial charge is 0.261 e. The Hall–Kier alpha value is -1.92. The standard InChI is InChI=1S/C17H22N4O2.ClH/c1-11-4-3-5-14-16(11)19-10-20(17(14)23)9-15(22)21-8-13(7-18)6-12(21)2;/h3-5,10,12-13H,6-9,18H2,1-2H3;1H. The predicted molar refractivity (Wildman–Crippen MR) is 96.3 cm³/mol. The highest BCUT2D eigenvalue weighted by Crippen LogP contribution is 2.22. The Morgan fingerprint density at radius 1 is 1.42 bits per heavy atom. The summed E-state index contributed by atoms with van der Waals surface area (Å²) in [5.74, 6) is 0.299. The molecule has 0 radical (unpaired) electrons. The lowest BCUT2D eigenvalue weighted by atomic mass is 10.1. The topological polar surface area (TPSA) is 81.2 Å². The van der Waals surface area contributed by atoms with Crippen LogP contribution in [0.4, 0.5) is 0 Å². The van der Waals surface area contributed by atoms with Gasteiger partial charge in [0.2, 0.25) is 5.91 Å². The van der Waals surface area contributed by atoms with Crippen LogP contribution < -0.4 is 11.3 Å². The molecule has 7 heteroatoms. The second kappa shape index (κ2) is 7.32. The molecule has 1 aliphatic heterocycles. The summed E-state index contributed by atoms with van der Waals surface area (Å²) in [7, 11) is 0. The number of aryl methyl sites for hydroxylation is 1. The number of para-hydroxylation sites is 1. The molecule has 1 aliphatic rings. The van der Waals surface area contributed by atoms with E-state index in [1.807, 2.05) is 30.9 Å². The molecule has 1 saturated heterocycles. The van der Waals surface area contributed by atoms with E-state index in [2.05, 4.69) is 4.98 Å². The van der Waals surface area contributed by atoms with Crippen molar-refractivity contribution in [3.63, 3.8) is 0 Å². The molecule has 0 bridgehead atoms. The lowest BCUT2D eigenvalue weighted by Gasteiger charge is -2.22. The van der Waals surface area contributed by atoms with E-state index in [1.165, 1.54) is 10.9 Å². The van der Waals surface area contributed by atoms with Gasteiger partial charge in [-0.1, -0.05) is 12.1 Å². The zero-order valence-corrected chi connectivity index (χ0v) is 14.8. The van der Waals surface area contributed by atoms with E-state index in [-0.39, 0.29) is 36.5 Å². The number of hydrogen-bond donors (Lipinski definition) is 1. The molecule has 2 unspecified atom stereocenters. The molecule has 1 fully saturated rings. The lowest BCUT2D eigenvalue weighted by molar-refractivity contribution is -0.132. The second-order valence-electron chi connectivity index (χ2n) is 6.38. The van der Waals surface area contributed by atoms with Crippen molar-refractivity contribution in [3.8, 4) is 0 Å². The van der Waals surface area contributed by atoms with Crippen molar-refractivity contribution in [1.82, 2.24) is 14.5 Å². The van der Waals surface area contributed by atoms with Gasteiger partial charge in [-0.05, 0) is 44.4 Å². The number of rotatable bonds is 3. The zero-order chi connectivity index (χ0) is 16.6. The van der Waals surface area contributed by atoms with Crippen LogP contribution >= 0.6 is 12.4 Å². The minimum absolute atomic E-state index is 0. The van der Waals surface area contributed by atoms with Crippen molar-refractivity contribution < 1.29 is 4.79 Å². The summed E-state index contributed by atoms with van der Waals surface area (Å²) in [6, 6.07) is 5.67. The van der Waals surface area contributed by atoms with E-state index in [1.54, 1.807) is 6.07 Å². The van der Waals surface area contributed by atoms with Gasteiger partial charge in [-0.3, -0.25) is 14.2 Å². The number of carbonyl (C=O) groups is 1. The summed E-state index contributed by atoms with van der Waals surface area (Å²) in [6.45, 7) is 5.23. The Morgan fingerprint density at radius 3 is 2.83 bits per heavy atom. The SMILES string of the molecule is Cc1cccc2c(=O)n(CC(=O)N3CC(CN)CC3C)cnc12.Cl. The molecular formula is C17H23ClN4O2. The molecule has 130 valence electrons. The summed E-state index contributed by atoms with van der Waals surface area (Å²) < 4.78 is 1.40. The molecule has 0 saturated carbocycles. The van der Waals surface area contributed by atoms with E-state index < -0.39 is 0 Å². The number of carbonyl (C=O) groups excluding carboxylic acids is 1. The van der Waals surface area contributed by atoms with Gasteiger partial charge in [0.25, 0.3) is 5.56 Å². The maximum atomic E-state index is 12.6. The lowest BCUT2D eigenvalue weighted by Crippen LogP contribution is -2.39. The molecule has 1 aromatic carbocycles. The van der Waals surface area contributed by atoms with Gasteiger partial charge >= 0.3 is 0 Å². The Kier molecular flexibility index (Phi) is 5.62. The van der Waals surface area contributed by atoms with Gasteiger partial charge in [-0.2, -0.15) is 0 Å². The molecule has 0 spiro atoms. The summed E-state index contributed by atoms with van der Waals surface area (Å²) in [6.07, 6.45) is 2.39. The van der Waals surface area contributed by atoms with Crippen LogP contribution in [0.2, 0.25) is 0 Å². The molecule has 2 atom stereocenters. The molecule has 0 aliphatic carbocycles. The highest BCUT2D eigenvalue weighted by Gasteiger charge is 2.31. The summed E-state index contributed by atoms with van der Waals surface area (Å²) in [5.41, 5.74) is 7.19. The third-order valence-electron chi connectivity index (χ3n) is 4.68. The molecule has 1 amide bonds. The monoisotopic (exact) mass is 350 g/mol. The van der Waals surface area contributed by atoms with E-state index in [0.717, 1.165) is 12.0 Å². The van der Waals surface area contributed by atoms with Crippen molar-refractivity contribution in [2.75, 3.05) is 13.1 Å². The highest BCUT2D eigenvalue weighted by atomic mass is 35.5. The Balaban J connectivity index is 0.00000208. The maximum absolute atomic E-state index is 12.6. The van der Waals surface area contributed by atoms with Gasteiger partial charge < -0.3 is 10.6 Å². The summed E-state index contributed by atoms with van der Waals surface area (Å²) >= 11 is 0. The number of hydrogen-bond acceptors (Lipinski definition) is 4. The minimum atomic E-state index is -0.172. The molecule has 6 nitrogen and oxygen atoms in total. The number of nitrogens with two attached hydrogens (primary N) is 1. The second-order valence-corrected chi connectivity index (χ2v) is 6.38. The van der Waals surface area contributed by atoms with Crippen LogP contribution in [-0.4, -0.2) is 39.5 Å². The van der Waals surface area contributed by atoms with Gasteiger partial charge in [0.05, 0.1) is 17.2 Å². The normalized spacial score (nSPS) is 20.2. The van der Waals surface area contributed by atoms with Crippen molar-refractivity contribution in [2.24, 2.45) is 11.7 Å². The number of halogens is 1. The van der Waals surface area contributed by atoms with Crippen LogP contribution in [0.3, 0.4) is 0 Å². The highest BCUT2D eigenvalue weighted by molar-refractivity contribution is 5.85. The van der Waals surface area contributed by atoms with Crippen LogP contribution in [0.15, 0.2) is 29.3 Å². The fraction of sp³-hybridized carbons (Fsp3) is 0.471. The molecule has 2 aromatic rings. The molecule has 3 rings (SSSR count). The van der Waals surface area contributed by atoms with E-state index in [9.17, 15) is 9.59 Å². The van der Waals surface area contributed by atoms with Crippen LogP contribution in [-0.2, 0) is 11.3 Å². The summed E-state index contributed by atoms with van der Waals surface area (Å²) in [4.78, 5) is 31.3. The predicted octanol–water partition coefficient (Wildman–Crippen LogP) is 1.32. The number of amides is 1. The van der Waals surface area contributed by atoms with Crippen molar-refractivity contribution in [2.45, 2.75) is 32.9 Å². The molecule has 2 heterocycles. The van der Waals surface area contributed by atoms with Crippen LogP contribution in [0.1, 0.15) is 18.9 Å². The first-order valence-electron chi connectivity index (χ1n) is 7.95. The van der Waals surface area contributed by atoms with Gasteiger partial charge in [0.15, 0.2) is 0 Å². The quantitative estimate of drug-likeness (QED) is 0.905. The van der Waals surface area contributed by atoms with Crippen LogP contribution in [0.25, 0.3) is 10.9 Å². The summed E-state index contributed by atoms with van der Waals surface area (Å²) in [5, 5.41) is 0.551. The number of nitrogens with zero attached hydrogens (tertiary/aromatic N) is 3. The first kappa shape index (κ1) is 18.4. The average molecular weight is 351 g/mol. The van der Waals surface area contributed by atoms with Crippen LogP contribution in [0.5, 0.6) is 0 Å². The molecule has 2 N–H and O–H groups in total. The molecule has 24 heavy (non-hydrogen) atoms. The third kappa shape index (κ3) is 3.30. The van der Waals surface area contributed by atoms with E-state index >= 15 is 0 Å². The largest absolute Gasteiger partial charge is 0.338 e. The number of benzene rings is 1. The average Bonchev–Trinajstić information content (AvgIpc) is 2.92. The molecule has 1 aromatic heterocycles. The van der Waals surface area contributed by atoms with Gasteiger partial charge in [0.1, 0.15) is 6.54 Å². The van der Waals surface area contributed by atoms with Gasteiger partial charge in [-0.15, -0.1) is 12.4 Å². The van der Waals surface area contributed by atoms with Gasteiger partial charge in [-0.25, -0.2) is 4.98 Å². The van der Waals surface area contributed by atoms with Gasteiger partial charge in [0, 0.05) is 12.6 Å². The van der Waals surface area contributed by atoms with E-state index in [0.29, 0.717) is 29.9 Å². The zero-order valence-electron chi connectivity index (χ0n) is 13.9. The fourth-order valence-corrected chi connectivity index (χ4v) is 3.35. The van der Waals surface area contributed by atoms with Crippen LogP contribution in [0, 0.1) is 12.8 Å². The van der Waals surface area contributed by atoms with E-state index in [4.69, 9.17) is 5.73 Å². The van der Waals surface area contributed by atoms with Crippen molar-refractivity contribution in [1.29, 1.82) is 0 Å². The first-order chi connectivity index (χ1) is 11.0. The Bertz CT molecular complexity index is 805. The number of fused-ring (bicyclic) bond motifs is 1. The number of aromatic nitrogens is 2.